The predicted molar refractivity (Wildman–Crippen MR) is 79.6 cm³/mol. The highest BCUT2D eigenvalue weighted by Crippen LogP contribution is 2.32. The van der Waals surface area contributed by atoms with E-state index in [9.17, 15) is 0 Å². The zero-order chi connectivity index (χ0) is 12.7. The van der Waals surface area contributed by atoms with Crippen LogP contribution in [-0.2, 0) is 6.54 Å². The minimum atomic E-state index is 0.838. The minimum absolute atomic E-state index is 0.838. The molecule has 0 saturated heterocycles. The first-order chi connectivity index (χ1) is 8.19. The number of hydrogen-bond acceptors (Lipinski definition) is 2. The Labute approximate surface area is 120 Å². The van der Waals surface area contributed by atoms with Crippen molar-refractivity contribution < 1.29 is 4.74 Å². The summed E-state index contributed by atoms with van der Waals surface area (Å²) in [7, 11) is 1.70. The number of unbranched alkanes of at least 4 members (excludes halogenated alkanes) is 2. The molecule has 2 nitrogen and oxygen atoms in total. The zero-order valence-corrected chi connectivity index (χ0v) is 13.5. The molecule has 0 aliphatic heterocycles. The van der Waals surface area contributed by atoms with Crippen molar-refractivity contribution in [2.24, 2.45) is 0 Å². The molecule has 96 valence electrons. The number of rotatable bonds is 7. The topological polar surface area (TPSA) is 21.3 Å². The third-order valence-electron chi connectivity index (χ3n) is 2.56. The largest absolute Gasteiger partial charge is 0.495 e. The third-order valence-corrected chi connectivity index (χ3v) is 3.61. The van der Waals surface area contributed by atoms with Crippen LogP contribution in [0.4, 0.5) is 0 Å². The van der Waals surface area contributed by atoms with Crippen molar-refractivity contribution >= 4 is 31.9 Å². The van der Waals surface area contributed by atoms with Crippen molar-refractivity contribution in [3.8, 4) is 5.75 Å². The average Bonchev–Trinajstić information content (AvgIpc) is 2.28. The number of benzene rings is 1. The Bertz CT molecular complexity index is 356. The van der Waals surface area contributed by atoms with E-state index < -0.39 is 0 Å². The Morgan fingerprint density at radius 1 is 1.24 bits per heavy atom. The van der Waals surface area contributed by atoms with E-state index in [-0.39, 0.29) is 0 Å². The summed E-state index contributed by atoms with van der Waals surface area (Å²) in [6, 6.07) is 4.09. The van der Waals surface area contributed by atoms with Gasteiger partial charge in [0.1, 0.15) is 5.75 Å². The summed E-state index contributed by atoms with van der Waals surface area (Å²) < 4.78 is 7.45. The molecule has 0 radical (unpaired) electrons. The monoisotopic (exact) mass is 363 g/mol. The molecule has 0 saturated carbocycles. The molecule has 1 N–H and O–H groups in total. The van der Waals surface area contributed by atoms with Crippen LogP contribution < -0.4 is 10.1 Å². The fourth-order valence-electron chi connectivity index (χ4n) is 1.70. The molecule has 1 aromatic rings. The summed E-state index contributed by atoms with van der Waals surface area (Å²) in [5.41, 5.74) is 1.17. The Balaban J connectivity index is 2.57. The lowest BCUT2D eigenvalue weighted by molar-refractivity contribution is 0.404. The molecule has 1 aromatic carbocycles. The van der Waals surface area contributed by atoms with Gasteiger partial charge in [-0.05, 0) is 41.0 Å². The highest BCUT2D eigenvalue weighted by molar-refractivity contribution is 9.11. The van der Waals surface area contributed by atoms with Crippen molar-refractivity contribution in [3.05, 3.63) is 26.6 Å². The predicted octanol–water partition coefficient (Wildman–Crippen LogP) is 4.50. The van der Waals surface area contributed by atoms with Crippen LogP contribution in [0.1, 0.15) is 31.7 Å². The van der Waals surface area contributed by atoms with Crippen molar-refractivity contribution in [1.29, 1.82) is 0 Å². The third kappa shape index (κ3) is 4.98. The molecular weight excluding hydrogens is 346 g/mol. The molecule has 0 fully saturated rings. The van der Waals surface area contributed by atoms with Gasteiger partial charge in [0.25, 0.3) is 0 Å². The van der Waals surface area contributed by atoms with Crippen molar-refractivity contribution in [3.63, 3.8) is 0 Å². The Hall–Kier alpha value is -0.0600. The standard InChI is InChI=1S/C13H19Br2NO/c1-3-4-5-6-16-9-10-7-11(14)8-12(15)13(10)17-2/h7-8,16H,3-6,9H2,1-2H3. The van der Waals surface area contributed by atoms with E-state index in [4.69, 9.17) is 4.74 Å². The molecule has 0 bridgehead atoms. The number of hydrogen-bond donors (Lipinski definition) is 1. The highest BCUT2D eigenvalue weighted by atomic mass is 79.9. The smallest absolute Gasteiger partial charge is 0.137 e. The van der Waals surface area contributed by atoms with Crippen LogP contribution in [0.3, 0.4) is 0 Å². The first kappa shape index (κ1) is 15.0. The van der Waals surface area contributed by atoms with Gasteiger partial charge in [-0.25, -0.2) is 0 Å². The normalized spacial score (nSPS) is 10.6. The second-order valence-electron chi connectivity index (χ2n) is 3.96. The lowest BCUT2D eigenvalue weighted by Crippen LogP contribution is -2.15. The molecule has 0 amide bonds. The fourth-order valence-corrected chi connectivity index (χ4v) is 3.17. The van der Waals surface area contributed by atoms with Gasteiger partial charge in [-0.3, -0.25) is 0 Å². The minimum Gasteiger partial charge on any atom is -0.495 e. The van der Waals surface area contributed by atoms with Gasteiger partial charge in [0.05, 0.1) is 11.6 Å². The number of nitrogens with one attached hydrogen (secondary N) is 1. The maximum Gasteiger partial charge on any atom is 0.137 e. The van der Waals surface area contributed by atoms with E-state index >= 15 is 0 Å². The van der Waals surface area contributed by atoms with Crippen molar-refractivity contribution in [1.82, 2.24) is 5.32 Å². The zero-order valence-electron chi connectivity index (χ0n) is 10.4. The van der Waals surface area contributed by atoms with Crippen LogP contribution in [0.2, 0.25) is 0 Å². The summed E-state index contributed by atoms with van der Waals surface area (Å²) in [6.45, 7) is 4.11. The SMILES string of the molecule is CCCCCNCc1cc(Br)cc(Br)c1OC. The lowest BCUT2D eigenvalue weighted by atomic mass is 10.2. The van der Waals surface area contributed by atoms with Gasteiger partial charge < -0.3 is 10.1 Å². The Kier molecular flexibility index (Phi) is 7.16. The van der Waals surface area contributed by atoms with E-state index in [2.05, 4.69) is 50.2 Å². The molecule has 0 aliphatic rings. The molecule has 4 heteroatoms. The first-order valence-corrected chi connectivity index (χ1v) is 7.50. The van der Waals surface area contributed by atoms with E-state index in [0.717, 1.165) is 27.8 Å². The van der Waals surface area contributed by atoms with Crippen molar-refractivity contribution in [2.45, 2.75) is 32.7 Å². The van der Waals surface area contributed by atoms with Gasteiger partial charge in [-0.15, -0.1) is 0 Å². The van der Waals surface area contributed by atoms with Gasteiger partial charge in [-0.1, -0.05) is 35.7 Å². The fraction of sp³-hybridized carbons (Fsp3) is 0.538. The van der Waals surface area contributed by atoms with Crippen LogP contribution in [0, 0.1) is 0 Å². The summed E-state index contributed by atoms with van der Waals surface area (Å²) in [4.78, 5) is 0. The second kappa shape index (κ2) is 8.11. The quantitative estimate of drug-likeness (QED) is 0.719. The summed E-state index contributed by atoms with van der Waals surface area (Å²) >= 11 is 7.01. The Morgan fingerprint density at radius 2 is 2.00 bits per heavy atom. The molecule has 0 unspecified atom stereocenters. The summed E-state index contributed by atoms with van der Waals surface area (Å²) in [6.07, 6.45) is 3.77. The molecule has 0 aliphatic carbocycles. The lowest BCUT2D eigenvalue weighted by Gasteiger charge is -2.12. The van der Waals surface area contributed by atoms with E-state index in [1.54, 1.807) is 7.11 Å². The van der Waals surface area contributed by atoms with Crippen molar-refractivity contribution in [2.75, 3.05) is 13.7 Å². The first-order valence-electron chi connectivity index (χ1n) is 5.91. The van der Waals surface area contributed by atoms with Crippen LogP contribution >= 0.6 is 31.9 Å². The van der Waals surface area contributed by atoms with Gasteiger partial charge in [0.2, 0.25) is 0 Å². The molecule has 0 aromatic heterocycles. The van der Waals surface area contributed by atoms with Crippen LogP contribution in [0.15, 0.2) is 21.1 Å². The second-order valence-corrected chi connectivity index (χ2v) is 5.73. The van der Waals surface area contributed by atoms with Gasteiger partial charge >= 0.3 is 0 Å². The van der Waals surface area contributed by atoms with Crippen LogP contribution in [0.25, 0.3) is 0 Å². The van der Waals surface area contributed by atoms with E-state index in [1.807, 2.05) is 6.07 Å². The highest BCUT2D eigenvalue weighted by Gasteiger charge is 2.08. The maximum atomic E-state index is 5.40. The molecule has 17 heavy (non-hydrogen) atoms. The summed E-state index contributed by atoms with van der Waals surface area (Å²) in [5, 5.41) is 3.44. The number of ether oxygens (including phenoxy) is 1. The maximum absolute atomic E-state index is 5.40. The summed E-state index contributed by atoms with van der Waals surface area (Å²) in [5.74, 6) is 0.913. The van der Waals surface area contributed by atoms with Crippen LogP contribution in [-0.4, -0.2) is 13.7 Å². The van der Waals surface area contributed by atoms with Gasteiger partial charge in [-0.2, -0.15) is 0 Å². The molecular formula is C13H19Br2NO. The molecule has 0 heterocycles. The number of methoxy groups -OCH3 is 1. The van der Waals surface area contributed by atoms with Gasteiger partial charge in [0, 0.05) is 16.6 Å². The molecule has 0 atom stereocenters. The van der Waals surface area contributed by atoms with Gasteiger partial charge in [0.15, 0.2) is 0 Å². The van der Waals surface area contributed by atoms with E-state index in [1.165, 1.54) is 24.8 Å². The van der Waals surface area contributed by atoms with E-state index in [0.29, 0.717) is 0 Å². The number of halogens is 2. The molecule has 0 spiro atoms. The average molecular weight is 365 g/mol. The van der Waals surface area contributed by atoms with Crippen LogP contribution in [0.5, 0.6) is 5.75 Å². The Morgan fingerprint density at radius 3 is 2.65 bits per heavy atom. The molecule has 1 rings (SSSR count).